The Balaban J connectivity index is 1.93. The highest BCUT2D eigenvalue weighted by Crippen LogP contribution is 2.05. The molecule has 7 nitrogen and oxygen atoms in total. The fraction of sp³-hybridized carbons (Fsp3) is 0.150. The molecule has 0 fully saturated rings. The molecule has 1 amide bonds. The molecular weight excluding hydrogens is 350 g/mol. The predicted octanol–water partition coefficient (Wildman–Crippen LogP) is 1.68. The quantitative estimate of drug-likeness (QED) is 0.561. The highest BCUT2D eigenvalue weighted by Gasteiger charge is 2.15. The molecule has 0 atom stereocenters. The van der Waals surface area contributed by atoms with Crippen molar-refractivity contribution in [2.75, 3.05) is 0 Å². The molecule has 0 bridgehead atoms. The smallest absolute Gasteiger partial charge is 0.412 e. The molecule has 0 aliphatic carbocycles. The minimum Gasteiger partial charge on any atom is -0.550 e. The zero-order chi connectivity index (χ0) is 19.5. The van der Waals surface area contributed by atoms with Crippen LogP contribution in [-0.2, 0) is 32.3 Å². The van der Waals surface area contributed by atoms with Gasteiger partial charge < -0.3 is 19.4 Å². The number of carbonyl (C=O) groups is 3. The van der Waals surface area contributed by atoms with E-state index in [1.54, 1.807) is 48.5 Å². The van der Waals surface area contributed by atoms with Gasteiger partial charge in [0.2, 0.25) is 0 Å². The minimum atomic E-state index is -1.40. The fourth-order valence-electron chi connectivity index (χ4n) is 2.04. The third-order valence-electron chi connectivity index (χ3n) is 3.36. The van der Waals surface area contributed by atoms with Crippen molar-refractivity contribution in [2.45, 2.75) is 19.6 Å². The Morgan fingerprint density at radius 3 is 1.89 bits per heavy atom. The Bertz CT molecular complexity index is 802. The maximum absolute atomic E-state index is 12.2. The summed E-state index contributed by atoms with van der Waals surface area (Å²) < 4.78 is 10.1. The van der Waals surface area contributed by atoms with E-state index in [1.165, 1.54) is 0 Å². The van der Waals surface area contributed by atoms with E-state index in [2.05, 4.69) is 5.32 Å². The summed E-state index contributed by atoms with van der Waals surface area (Å²) in [5.41, 5.74) is 1.18. The minimum absolute atomic E-state index is 0.000494. The Labute approximate surface area is 156 Å². The van der Waals surface area contributed by atoms with Crippen LogP contribution >= 0.6 is 0 Å². The number of alkyl carbamates (subject to hydrolysis) is 1. The van der Waals surface area contributed by atoms with E-state index < -0.39 is 24.5 Å². The summed E-state index contributed by atoms with van der Waals surface area (Å²) in [6.45, 7) is -0.0252. The van der Waals surface area contributed by atoms with Crippen LogP contribution in [0.4, 0.5) is 4.79 Å². The summed E-state index contributed by atoms with van der Waals surface area (Å²) >= 11 is 0. The SMILES string of the molecule is O=C([O-])C/C=C(\NC(=O)OCc1ccccc1)C(=O)OCc1ccccc1. The van der Waals surface area contributed by atoms with E-state index in [4.69, 9.17) is 9.47 Å². The zero-order valence-electron chi connectivity index (χ0n) is 14.4. The van der Waals surface area contributed by atoms with E-state index in [-0.39, 0.29) is 18.9 Å². The number of rotatable bonds is 8. The normalized spacial score (nSPS) is 10.7. The van der Waals surface area contributed by atoms with Crippen molar-refractivity contribution >= 4 is 18.0 Å². The number of aliphatic carboxylic acids is 1. The number of ether oxygens (including phenoxy) is 2. The lowest BCUT2D eigenvalue weighted by molar-refractivity contribution is -0.304. The summed E-state index contributed by atoms with van der Waals surface area (Å²) in [4.78, 5) is 34.7. The molecule has 7 heteroatoms. The lowest BCUT2D eigenvalue weighted by Crippen LogP contribution is -2.30. The predicted molar refractivity (Wildman–Crippen MR) is 93.7 cm³/mol. The van der Waals surface area contributed by atoms with Crippen molar-refractivity contribution in [3.8, 4) is 0 Å². The van der Waals surface area contributed by atoms with Gasteiger partial charge in [0, 0.05) is 12.4 Å². The van der Waals surface area contributed by atoms with Crippen LogP contribution in [0.2, 0.25) is 0 Å². The molecule has 0 saturated carbocycles. The Kier molecular flexibility index (Phi) is 7.59. The Morgan fingerprint density at radius 2 is 1.37 bits per heavy atom. The van der Waals surface area contributed by atoms with E-state index in [0.29, 0.717) is 0 Å². The van der Waals surface area contributed by atoms with Crippen LogP contribution in [-0.4, -0.2) is 18.0 Å². The van der Waals surface area contributed by atoms with Crippen LogP contribution in [0.3, 0.4) is 0 Å². The zero-order valence-corrected chi connectivity index (χ0v) is 14.4. The molecule has 2 aromatic carbocycles. The second-order valence-corrected chi connectivity index (χ2v) is 5.44. The highest BCUT2D eigenvalue weighted by atomic mass is 16.6. The first kappa shape index (κ1) is 19.7. The average Bonchev–Trinajstić information content (AvgIpc) is 2.69. The number of amides is 1. The van der Waals surface area contributed by atoms with Crippen molar-refractivity contribution in [3.05, 3.63) is 83.6 Å². The van der Waals surface area contributed by atoms with Crippen LogP contribution in [0.1, 0.15) is 17.5 Å². The van der Waals surface area contributed by atoms with Crippen molar-refractivity contribution in [3.63, 3.8) is 0 Å². The molecule has 0 radical (unpaired) electrons. The maximum atomic E-state index is 12.2. The second kappa shape index (κ2) is 10.4. The van der Waals surface area contributed by atoms with Gasteiger partial charge in [-0.15, -0.1) is 0 Å². The molecule has 0 spiro atoms. The second-order valence-electron chi connectivity index (χ2n) is 5.44. The number of esters is 1. The molecule has 140 valence electrons. The van der Waals surface area contributed by atoms with E-state index in [9.17, 15) is 19.5 Å². The van der Waals surface area contributed by atoms with Crippen LogP contribution in [0.5, 0.6) is 0 Å². The highest BCUT2D eigenvalue weighted by molar-refractivity contribution is 5.92. The summed E-state index contributed by atoms with van der Waals surface area (Å²) in [6.07, 6.45) is -0.457. The summed E-state index contributed by atoms with van der Waals surface area (Å²) in [7, 11) is 0. The van der Waals surface area contributed by atoms with Gasteiger partial charge in [0.25, 0.3) is 0 Å². The van der Waals surface area contributed by atoms with Crippen LogP contribution in [0.25, 0.3) is 0 Å². The number of carboxylic acids is 1. The first-order valence-corrected chi connectivity index (χ1v) is 8.13. The Hall–Kier alpha value is -3.61. The molecule has 2 rings (SSSR count). The van der Waals surface area contributed by atoms with Gasteiger partial charge in [-0.25, -0.2) is 9.59 Å². The topological polar surface area (TPSA) is 105 Å². The molecule has 0 aromatic heterocycles. The fourth-order valence-corrected chi connectivity index (χ4v) is 2.04. The number of hydrogen-bond donors (Lipinski definition) is 1. The third kappa shape index (κ3) is 7.43. The third-order valence-corrected chi connectivity index (χ3v) is 3.36. The van der Waals surface area contributed by atoms with Crippen molar-refractivity contribution in [1.29, 1.82) is 0 Å². The molecule has 2 aromatic rings. The number of nitrogens with one attached hydrogen (secondary N) is 1. The van der Waals surface area contributed by atoms with Gasteiger partial charge in [-0.05, 0) is 17.2 Å². The number of carbonyl (C=O) groups excluding carboxylic acids is 3. The van der Waals surface area contributed by atoms with Crippen molar-refractivity contribution in [1.82, 2.24) is 5.32 Å². The van der Waals surface area contributed by atoms with Crippen LogP contribution in [0.15, 0.2) is 72.4 Å². The molecule has 0 unspecified atom stereocenters. The van der Waals surface area contributed by atoms with Gasteiger partial charge in [0.1, 0.15) is 18.9 Å². The summed E-state index contributed by atoms with van der Waals surface area (Å²) in [5.74, 6) is -2.28. The average molecular weight is 368 g/mol. The first-order chi connectivity index (χ1) is 13.0. The maximum Gasteiger partial charge on any atom is 0.412 e. The van der Waals surface area contributed by atoms with Crippen LogP contribution < -0.4 is 10.4 Å². The summed E-state index contributed by atoms with van der Waals surface area (Å²) in [6, 6.07) is 17.9. The molecular formula is C20H18NO6-. The molecule has 27 heavy (non-hydrogen) atoms. The van der Waals surface area contributed by atoms with E-state index >= 15 is 0 Å². The van der Waals surface area contributed by atoms with Crippen LogP contribution in [0, 0.1) is 0 Å². The monoisotopic (exact) mass is 368 g/mol. The molecule has 0 heterocycles. The van der Waals surface area contributed by atoms with Gasteiger partial charge in [-0.2, -0.15) is 0 Å². The lowest BCUT2D eigenvalue weighted by Gasteiger charge is -2.11. The molecule has 0 aliphatic rings. The van der Waals surface area contributed by atoms with Gasteiger partial charge in [-0.1, -0.05) is 60.7 Å². The molecule has 1 N–H and O–H groups in total. The molecule has 0 aliphatic heterocycles. The number of hydrogen-bond acceptors (Lipinski definition) is 6. The standard InChI is InChI=1S/C20H19NO6/c22-18(23)12-11-17(19(24)26-13-15-7-3-1-4-8-15)21-20(25)27-14-16-9-5-2-6-10-16/h1-11H,12-14H2,(H,21,25)(H,22,23)/p-1/b17-11-. The Morgan fingerprint density at radius 1 is 0.852 bits per heavy atom. The van der Waals surface area contributed by atoms with Gasteiger partial charge >= 0.3 is 12.1 Å². The molecule has 0 saturated heterocycles. The van der Waals surface area contributed by atoms with E-state index in [0.717, 1.165) is 17.2 Å². The van der Waals surface area contributed by atoms with Gasteiger partial charge in [-0.3, -0.25) is 5.32 Å². The van der Waals surface area contributed by atoms with Gasteiger partial charge in [0.15, 0.2) is 0 Å². The van der Waals surface area contributed by atoms with E-state index in [1.807, 2.05) is 12.1 Å². The number of benzene rings is 2. The lowest BCUT2D eigenvalue weighted by atomic mass is 10.2. The largest absolute Gasteiger partial charge is 0.550 e. The van der Waals surface area contributed by atoms with Gasteiger partial charge in [0.05, 0.1) is 0 Å². The van der Waals surface area contributed by atoms with Crippen molar-refractivity contribution in [2.24, 2.45) is 0 Å². The first-order valence-electron chi connectivity index (χ1n) is 8.13. The number of carboxylic acid groups (broad SMARTS) is 1. The summed E-state index contributed by atoms with van der Waals surface area (Å²) in [5, 5.41) is 12.9. The van der Waals surface area contributed by atoms with Crippen molar-refractivity contribution < 1.29 is 29.0 Å².